The van der Waals surface area contributed by atoms with Crippen LogP contribution >= 0.6 is 0 Å². The quantitative estimate of drug-likeness (QED) is 0.810. The summed E-state index contributed by atoms with van der Waals surface area (Å²) in [6.07, 6.45) is 5.47. The molecule has 1 rings (SSSR count). The number of terminal acetylenes is 1. The second-order valence-electron chi connectivity index (χ2n) is 4.12. The summed E-state index contributed by atoms with van der Waals surface area (Å²) in [6, 6.07) is 0.997. The Bertz CT molecular complexity index is 695. The molecule has 1 aromatic rings. The van der Waals surface area contributed by atoms with Gasteiger partial charge in [-0.2, -0.15) is 4.31 Å². The van der Waals surface area contributed by atoms with Crippen molar-refractivity contribution < 1.29 is 27.1 Å². The zero-order valence-electron chi connectivity index (χ0n) is 11.1. The maximum absolute atomic E-state index is 13.8. The zero-order chi connectivity index (χ0) is 16.2. The number of carboxylic acids is 1. The zero-order valence-corrected chi connectivity index (χ0v) is 12.0. The van der Waals surface area contributed by atoms with Crippen LogP contribution in [-0.4, -0.2) is 36.9 Å². The molecule has 0 spiro atoms. The molecule has 0 amide bonds. The maximum Gasteiger partial charge on any atom is 0.335 e. The van der Waals surface area contributed by atoms with Gasteiger partial charge in [-0.15, -0.1) is 6.42 Å². The first kappa shape index (κ1) is 17.1. The van der Waals surface area contributed by atoms with E-state index in [0.29, 0.717) is 18.6 Å². The average Bonchev–Trinajstić information content (AvgIpc) is 2.40. The van der Waals surface area contributed by atoms with E-state index in [0.717, 1.165) is 4.31 Å². The molecule has 0 heterocycles. The third-order valence-corrected chi connectivity index (χ3v) is 4.44. The Morgan fingerprint density at radius 1 is 1.43 bits per heavy atom. The molecular formula is C13H13F2NO4S. The molecule has 0 bridgehead atoms. The van der Waals surface area contributed by atoms with E-state index in [1.165, 1.54) is 0 Å². The maximum atomic E-state index is 13.8. The Hall–Kier alpha value is -1.98. The standard InChI is InChI=1S/C13H13F2NO4S/c1-3-5-16(6-4-2)21(19,20)11-8-9(13(17)18)7-10(14)12(11)15/h1,7-8H,4-6H2,2H3,(H,17,18). The van der Waals surface area contributed by atoms with Crippen LogP contribution in [0, 0.1) is 24.0 Å². The fraction of sp³-hybridized carbons (Fsp3) is 0.308. The molecule has 0 atom stereocenters. The van der Waals surface area contributed by atoms with E-state index in [2.05, 4.69) is 5.92 Å². The first-order valence-corrected chi connectivity index (χ1v) is 7.35. The topological polar surface area (TPSA) is 74.7 Å². The summed E-state index contributed by atoms with van der Waals surface area (Å²) in [7, 11) is -4.42. The molecule has 0 saturated heterocycles. The van der Waals surface area contributed by atoms with Gasteiger partial charge in [0.1, 0.15) is 4.90 Å². The van der Waals surface area contributed by atoms with Gasteiger partial charge in [-0.1, -0.05) is 12.8 Å². The van der Waals surface area contributed by atoms with Gasteiger partial charge in [-0.05, 0) is 18.6 Å². The fourth-order valence-electron chi connectivity index (χ4n) is 1.65. The van der Waals surface area contributed by atoms with Crippen molar-refractivity contribution in [3.05, 3.63) is 29.3 Å². The Balaban J connectivity index is 3.49. The van der Waals surface area contributed by atoms with Crippen molar-refractivity contribution in [3.63, 3.8) is 0 Å². The Morgan fingerprint density at radius 2 is 2.05 bits per heavy atom. The number of carboxylic acid groups (broad SMARTS) is 1. The second kappa shape index (κ2) is 6.65. The fourth-order valence-corrected chi connectivity index (χ4v) is 3.20. The Labute approximate surface area is 121 Å². The molecule has 21 heavy (non-hydrogen) atoms. The largest absolute Gasteiger partial charge is 0.478 e. The molecule has 0 aliphatic heterocycles. The summed E-state index contributed by atoms with van der Waals surface area (Å²) in [5.41, 5.74) is -0.662. The normalized spacial score (nSPS) is 11.4. The van der Waals surface area contributed by atoms with Crippen LogP contribution in [0.4, 0.5) is 8.78 Å². The van der Waals surface area contributed by atoms with Crippen molar-refractivity contribution in [3.8, 4) is 12.3 Å². The third kappa shape index (κ3) is 3.56. The summed E-state index contributed by atoms with van der Waals surface area (Å²) >= 11 is 0. The summed E-state index contributed by atoms with van der Waals surface area (Å²) in [5.74, 6) is -2.63. The minimum atomic E-state index is -4.42. The first-order valence-electron chi connectivity index (χ1n) is 5.91. The second-order valence-corrected chi connectivity index (χ2v) is 6.02. The predicted octanol–water partition coefficient (Wildman–Crippen LogP) is 1.70. The van der Waals surface area contributed by atoms with Crippen LogP contribution in [0.2, 0.25) is 0 Å². The molecule has 0 radical (unpaired) electrons. The van der Waals surface area contributed by atoms with Crippen LogP contribution in [0.1, 0.15) is 23.7 Å². The molecular weight excluding hydrogens is 304 g/mol. The molecule has 114 valence electrons. The van der Waals surface area contributed by atoms with E-state index in [-0.39, 0.29) is 13.1 Å². The summed E-state index contributed by atoms with van der Waals surface area (Å²) in [5, 5.41) is 8.81. The smallest absolute Gasteiger partial charge is 0.335 e. The Morgan fingerprint density at radius 3 is 2.52 bits per heavy atom. The lowest BCUT2D eigenvalue weighted by Gasteiger charge is -2.19. The van der Waals surface area contributed by atoms with E-state index in [1.54, 1.807) is 6.92 Å². The molecule has 1 N–H and O–H groups in total. The molecule has 5 nitrogen and oxygen atoms in total. The van der Waals surface area contributed by atoms with Crippen molar-refractivity contribution in [2.75, 3.05) is 13.1 Å². The van der Waals surface area contributed by atoms with Crippen LogP contribution in [0.5, 0.6) is 0 Å². The number of benzene rings is 1. The van der Waals surface area contributed by atoms with E-state index in [1.807, 2.05) is 0 Å². The number of halogens is 2. The summed E-state index contributed by atoms with van der Waals surface area (Å²) in [6.45, 7) is 1.36. The van der Waals surface area contributed by atoms with Crippen LogP contribution < -0.4 is 0 Å². The van der Waals surface area contributed by atoms with E-state index in [9.17, 15) is 22.0 Å². The van der Waals surface area contributed by atoms with Gasteiger partial charge in [0.2, 0.25) is 10.0 Å². The summed E-state index contributed by atoms with van der Waals surface area (Å²) in [4.78, 5) is 9.80. The van der Waals surface area contributed by atoms with Crippen LogP contribution in [-0.2, 0) is 10.0 Å². The van der Waals surface area contributed by atoms with Gasteiger partial charge < -0.3 is 5.11 Å². The highest BCUT2D eigenvalue weighted by Crippen LogP contribution is 2.23. The van der Waals surface area contributed by atoms with Crippen molar-refractivity contribution in [2.45, 2.75) is 18.2 Å². The number of nitrogens with zero attached hydrogens (tertiary/aromatic N) is 1. The van der Waals surface area contributed by atoms with Gasteiger partial charge >= 0.3 is 5.97 Å². The number of hydrogen-bond donors (Lipinski definition) is 1. The van der Waals surface area contributed by atoms with E-state index < -0.39 is 38.1 Å². The first-order chi connectivity index (χ1) is 9.75. The number of aromatic carboxylic acids is 1. The van der Waals surface area contributed by atoms with Crippen molar-refractivity contribution >= 4 is 16.0 Å². The SMILES string of the molecule is C#CCN(CCC)S(=O)(=O)c1cc(C(=O)O)cc(F)c1F. The molecule has 1 aromatic carbocycles. The van der Waals surface area contributed by atoms with Crippen molar-refractivity contribution in [1.29, 1.82) is 0 Å². The average molecular weight is 317 g/mol. The monoisotopic (exact) mass is 317 g/mol. The number of rotatable bonds is 6. The predicted molar refractivity (Wildman–Crippen MR) is 71.2 cm³/mol. The van der Waals surface area contributed by atoms with E-state index in [4.69, 9.17) is 11.5 Å². The molecule has 0 saturated carbocycles. The molecule has 0 fully saturated rings. The van der Waals surface area contributed by atoms with Gasteiger partial charge in [0.15, 0.2) is 11.6 Å². The molecule has 8 heteroatoms. The minimum Gasteiger partial charge on any atom is -0.478 e. The van der Waals surface area contributed by atoms with Gasteiger partial charge in [0.05, 0.1) is 12.1 Å². The molecule has 0 aliphatic carbocycles. The van der Waals surface area contributed by atoms with Gasteiger partial charge in [-0.25, -0.2) is 22.0 Å². The molecule has 0 aromatic heterocycles. The Kier molecular flexibility index (Phi) is 5.41. The van der Waals surface area contributed by atoms with E-state index >= 15 is 0 Å². The summed E-state index contributed by atoms with van der Waals surface area (Å²) < 4.78 is 52.5. The van der Waals surface area contributed by atoms with Crippen LogP contribution in [0.3, 0.4) is 0 Å². The number of carbonyl (C=O) groups is 1. The van der Waals surface area contributed by atoms with Crippen molar-refractivity contribution in [2.24, 2.45) is 0 Å². The van der Waals surface area contributed by atoms with Gasteiger partial charge in [0.25, 0.3) is 0 Å². The van der Waals surface area contributed by atoms with Crippen LogP contribution in [0.15, 0.2) is 17.0 Å². The molecule has 0 unspecified atom stereocenters. The highest BCUT2D eigenvalue weighted by atomic mass is 32.2. The van der Waals surface area contributed by atoms with Crippen LogP contribution in [0.25, 0.3) is 0 Å². The lowest BCUT2D eigenvalue weighted by molar-refractivity contribution is 0.0696. The van der Waals surface area contributed by atoms with Gasteiger partial charge in [-0.3, -0.25) is 0 Å². The highest BCUT2D eigenvalue weighted by Gasteiger charge is 2.29. The lowest BCUT2D eigenvalue weighted by Crippen LogP contribution is -2.33. The number of hydrogen-bond acceptors (Lipinski definition) is 3. The van der Waals surface area contributed by atoms with Gasteiger partial charge in [0, 0.05) is 6.54 Å². The van der Waals surface area contributed by atoms with Crippen molar-refractivity contribution in [1.82, 2.24) is 4.31 Å². The lowest BCUT2D eigenvalue weighted by atomic mass is 10.2. The third-order valence-electron chi connectivity index (χ3n) is 2.60. The minimum absolute atomic E-state index is 0.00485. The number of sulfonamides is 1. The highest BCUT2D eigenvalue weighted by molar-refractivity contribution is 7.89. The molecule has 0 aliphatic rings.